The van der Waals surface area contributed by atoms with Gasteiger partial charge in [0.15, 0.2) is 0 Å². The Morgan fingerprint density at radius 1 is 0.947 bits per heavy atom. The fourth-order valence-electron chi connectivity index (χ4n) is 2.23. The molecule has 2 N–H and O–H groups in total. The number of hydrogen-bond acceptors (Lipinski definition) is 3. The van der Waals surface area contributed by atoms with Gasteiger partial charge in [-0.2, -0.15) is 0 Å². The van der Waals surface area contributed by atoms with Crippen molar-refractivity contribution >= 4 is 0 Å². The van der Waals surface area contributed by atoms with Gasteiger partial charge in [0.25, 0.3) is 0 Å². The minimum atomic E-state index is -0.0995. The summed E-state index contributed by atoms with van der Waals surface area (Å²) in [6.45, 7) is 10.6. The third kappa shape index (κ3) is 9.42. The van der Waals surface area contributed by atoms with Gasteiger partial charge in [-0.1, -0.05) is 33.1 Å². The first-order valence-electron chi connectivity index (χ1n) is 8.14. The van der Waals surface area contributed by atoms with Crippen LogP contribution in [0.1, 0.15) is 65.7 Å². The normalized spacial score (nSPS) is 14.8. The smallest absolute Gasteiger partial charge is 0.0610 e. The summed E-state index contributed by atoms with van der Waals surface area (Å²) in [5, 5.41) is 12.6. The van der Waals surface area contributed by atoms with Crippen molar-refractivity contribution in [2.45, 2.75) is 71.3 Å². The predicted octanol–water partition coefficient (Wildman–Crippen LogP) is 3.03. The molecule has 0 aliphatic rings. The van der Waals surface area contributed by atoms with E-state index in [9.17, 15) is 5.11 Å². The van der Waals surface area contributed by atoms with Gasteiger partial charge < -0.3 is 15.3 Å². The molecule has 1 atom stereocenters. The summed E-state index contributed by atoms with van der Waals surface area (Å²) >= 11 is 0. The predicted molar refractivity (Wildman–Crippen MR) is 84.7 cm³/mol. The molecule has 0 aliphatic heterocycles. The van der Waals surface area contributed by atoms with Crippen molar-refractivity contribution < 1.29 is 5.11 Å². The maximum atomic E-state index is 9.35. The molecule has 0 aliphatic carbocycles. The molecule has 0 aromatic heterocycles. The SMILES string of the molecule is CCCCN(CCCC)CCCCC(C)(CO)NC. The summed E-state index contributed by atoms with van der Waals surface area (Å²) in [6.07, 6.45) is 8.67. The monoisotopic (exact) mass is 272 g/mol. The Balaban J connectivity index is 3.84. The number of likely N-dealkylation sites (N-methyl/N-ethyl adjacent to an activating group) is 1. The van der Waals surface area contributed by atoms with Crippen LogP contribution in [-0.4, -0.2) is 48.8 Å². The van der Waals surface area contributed by atoms with Crippen molar-refractivity contribution in [3.05, 3.63) is 0 Å². The number of nitrogens with one attached hydrogen (secondary N) is 1. The third-order valence-corrected chi connectivity index (χ3v) is 4.06. The van der Waals surface area contributed by atoms with Crippen molar-refractivity contribution in [2.75, 3.05) is 33.3 Å². The average molecular weight is 272 g/mol. The molecule has 0 rings (SSSR count). The molecule has 0 bridgehead atoms. The maximum absolute atomic E-state index is 9.35. The molecule has 0 spiro atoms. The lowest BCUT2D eigenvalue weighted by Crippen LogP contribution is -2.43. The van der Waals surface area contributed by atoms with Crippen molar-refractivity contribution in [1.82, 2.24) is 10.2 Å². The molecule has 0 saturated carbocycles. The highest BCUT2D eigenvalue weighted by Gasteiger charge is 2.19. The third-order valence-electron chi connectivity index (χ3n) is 4.06. The van der Waals surface area contributed by atoms with E-state index < -0.39 is 0 Å². The Hall–Kier alpha value is -0.120. The molecule has 3 heteroatoms. The largest absolute Gasteiger partial charge is 0.394 e. The Kier molecular flexibility index (Phi) is 11.6. The molecular formula is C16H36N2O. The second-order valence-corrected chi connectivity index (χ2v) is 5.97. The van der Waals surface area contributed by atoms with Gasteiger partial charge >= 0.3 is 0 Å². The standard InChI is InChI=1S/C16H36N2O/c1-5-7-12-18(13-8-6-2)14-10-9-11-16(3,15-19)17-4/h17,19H,5-15H2,1-4H3. The van der Waals surface area contributed by atoms with Crippen LogP contribution in [0.2, 0.25) is 0 Å². The van der Waals surface area contributed by atoms with Crippen molar-refractivity contribution in [3.63, 3.8) is 0 Å². The lowest BCUT2D eigenvalue weighted by molar-refractivity contribution is 0.168. The number of aliphatic hydroxyl groups is 1. The van der Waals surface area contributed by atoms with Crippen LogP contribution in [-0.2, 0) is 0 Å². The summed E-state index contributed by atoms with van der Waals surface area (Å²) < 4.78 is 0. The van der Waals surface area contributed by atoms with Crippen molar-refractivity contribution in [1.29, 1.82) is 0 Å². The first kappa shape index (κ1) is 18.9. The molecule has 1 unspecified atom stereocenters. The topological polar surface area (TPSA) is 35.5 Å². The van der Waals surface area contributed by atoms with E-state index in [1.54, 1.807) is 0 Å². The Bertz CT molecular complexity index is 185. The van der Waals surface area contributed by atoms with Crippen LogP contribution in [0, 0.1) is 0 Å². The Morgan fingerprint density at radius 3 is 1.89 bits per heavy atom. The molecule has 3 nitrogen and oxygen atoms in total. The van der Waals surface area contributed by atoms with Crippen LogP contribution < -0.4 is 5.32 Å². The summed E-state index contributed by atoms with van der Waals surface area (Å²) in [4.78, 5) is 2.61. The average Bonchev–Trinajstić information content (AvgIpc) is 2.45. The Morgan fingerprint density at radius 2 is 1.47 bits per heavy atom. The maximum Gasteiger partial charge on any atom is 0.0610 e. The van der Waals surface area contributed by atoms with Crippen LogP contribution in [0.3, 0.4) is 0 Å². The van der Waals surface area contributed by atoms with Gasteiger partial charge in [-0.3, -0.25) is 0 Å². The van der Waals surface area contributed by atoms with Crippen LogP contribution >= 0.6 is 0 Å². The van der Waals surface area contributed by atoms with Crippen LogP contribution in [0.15, 0.2) is 0 Å². The van der Waals surface area contributed by atoms with E-state index in [1.165, 1.54) is 58.2 Å². The molecule has 0 heterocycles. The second-order valence-electron chi connectivity index (χ2n) is 5.97. The number of aliphatic hydroxyl groups excluding tert-OH is 1. The summed E-state index contributed by atoms with van der Waals surface area (Å²) in [5.41, 5.74) is -0.0995. The molecule has 0 aromatic carbocycles. The first-order valence-corrected chi connectivity index (χ1v) is 8.14. The molecular weight excluding hydrogens is 236 g/mol. The van der Waals surface area contributed by atoms with Gasteiger partial charge in [0.05, 0.1) is 6.61 Å². The number of hydrogen-bond donors (Lipinski definition) is 2. The molecule has 0 saturated heterocycles. The highest BCUT2D eigenvalue weighted by Crippen LogP contribution is 2.13. The Labute approximate surface area is 120 Å². The quantitative estimate of drug-likeness (QED) is 0.506. The summed E-state index contributed by atoms with van der Waals surface area (Å²) in [6, 6.07) is 0. The molecule has 19 heavy (non-hydrogen) atoms. The fraction of sp³-hybridized carbons (Fsp3) is 1.00. The van der Waals surface area contributed by atoms with Crippen LogP contribution in [0.5, 0.6) is 0 Å². The van der Waals surface area contributed by atoms with E-state index in [1.807, 2.05) is 7.05 Å². The number of unbranched alkanes of at least 4 members (excludes halogenated alkanes) is 3. The molecule has 0 fully saturated rings. The van der Waals surface area contributed by atoms with Crippen LogP contribution in [0.4, 0.5) is 0 Å². The highest BCUT2D eigenvalue weighted by molar-refractivity contribution is 4.80. The first-order chi connectivity index (χ1) is 9.11. The minimum Gasteiger partial charge on any atom is -0.394 e. The number of rotatable bonds is 13. The van der Waals surface area contributed by atoms with E-state index in [0.29, 0.717) is 0 Å². The summed E-state index contributed by atoms with van der Waals surface area (Å²) in [5.74, 6) is 0. The van der Waals surface area contributed by atoms with Gasteiger partial charge in [0, 0.05) is 5.54 Å². The zero-order valence-corrected chi connectivity index (χ0v) is 13.7. The van der Waals surface area contributed by atoms with Crippen LogP contribution in [0.25, 0.3) is 0 Å². The van der Waals surface area contributed by atoms with Gasteiger partial charge in [0.2, 0.25) is 0 Å². The second kappa shape index (κ2) is 11.7. The van der Waals surface area contributed by atoms with E-state index in [4.69, 9.17) is 0 Å². The zero-order chi connectivity index (χ0) is 14.6. The number of nitrogens with zero attached hydrogens (tertiary/aromatic N) is 1. The van der Waals surface area contributed by atoms with E-state index in [0.717, 1.165) is 6.42 Å². The summed E-state index contributed by atoms with van der Waals surface area (Å²) in [7, 11) is 1.94. The van der Waals surface area contributed by atoms with Gasteiger partial charge in [-0.15, -0.1) is 0 Å². The lowest BCUT2D eigenvalue weighted by Gasteiger charge is -2.27. The van der Waals surface area contributed by atoms with Gasteiger partial charge in [-0.05, 0) is 59.3 Å². The molecule has 0 amide bonds. The van der Waals surface area contributed by atoms with Crippen molar-refractivity contribution in [2.24, 2.45) is 0 Å². The highest BCUT2D eigenvalue weighted by atomic mass is 16.3. The van der Waals surface area contributed by atoms with Crippen molar-refractivity contribution in [3.8, 4) is 0 Å². The van der Waals surface area contributed by atoms with E-state index in [2.05, 4.69) is 31.0 Å². The molecule has 0 aromatic rings. The fourth-order valence-corrected chi connectivity index (χ4v) is 2.23. The van der Waals surface area contributed by atoms with Gasteiger partial charge in [0.1, 0.15) is 0 Å². The minimum absolute atomic E-state index is 0.0995. The molecule has 116 valence electrons. The van der Waals surface area contributed by atoms with E-state index in [-0.39, 0.29) is 12.1 Å². The van der Waals surface area contributed by atoms with Gasteiger partial charge in [-0.25, -0.2) is 0 Å². The zero-order valence-electron chi connectivity index (χ0n) is 13.7. The lowest BCUT2D eigenvalue weighted by atomic mass is 9.96. The van der Waals surface area contributed by atoms with E-state index >= 15 is 0 Å². The molecule has 0 radical (unpaired) electrons.